The van der Waals surface area contributed by atoms with Gasteiger partial charge in [0.2, 0.25) is 0 Å². The third-order valence-electron chi connectivity index (χ3n) is 6.20. The van der Waals surface area contributed by atoms with Crippen LogP contribution in [0.15, 0.2) is 85.2 Å². The average Bonchev–Trinajstić information content (AvgIpc) is 3.50. The molecule has 4 aromatic rings. The fraction of sp³-hybridized carbons (Fsp3) is 0.214. The highest BCUT2D eigenvalue weighted by molar-refractivity contribution is 7.80. The van der Waals surface area contributed by atoms with Crippen LogP contribution in [0, 0.1) is 6.92 Å². The third-order valence-corrected chi connectivity index (χ3v) is 6.81. The molecule has 2 unspecified atom stereocenters. The van der Waals surface area contributed by atoms with E-state index in [0.717, 1.165) is 22.8 Å². The van der Waals surface area contributed by atoms with Crippen LogP contribution < -0.4 is 15.0 Å². The predicted molar refractivity (Wildman–Crippen MR) is 147 cm³/mol. The van der Waals surface area contributed by atoms with Gasteiger partial charge >= 0.3 is 0 Å². The summed E-state index contributed by atoms with van der Waals surface area (Å²) < 4.78 is 13.0. The van der Waals surface area contributed by atoms with Crippen molar-refractivity contribution >= 4 is 34.6 Å². The number of anilines is 1. The molecule has 1 aliphatic rings. The summed E-state index contributed by atoms with van der Waals surface area (Å²) in [5.41, 5.74) is 5.15. The number of hydrogen-bond acceptors (Lipinski definition) is 4. The average molecular weight is 519 g/mol. The monoisotopic (exact) mass is 518 g/mol. The van der Waals surface area contributed by atoms with Crippen molar-refractivity contribution in [2.24, 2.45) is 0 Å². The lowest BCUT2D eigenvalue weighted by molar-refractivity contribution is 0.146. The second-order valence-electron chi connectivity index (χ2n) is 8.59. The van der Waals surface area contributed by atoms with Crippen molar-refractivity contribution in [1.82, 2.24) is 14.9 Å². The molecule has 5 rings (SSSR count). The SMILES string of the molecule is COCCOc1ccc(N2C(=S)NC(c3ccccn3)C2c2cccn2-c2cccc(C)c2)cc1Cl. The summed E-state index contributed by atoms with van der Waals surface area (Å²) in [6.07, 6.45) is 3.89. The molecular formula is C28H27ClN4O2S. The number of halogens is 1. The van der Waals surface area contributed by atoms with Crippen LogP contribution in [-0.2, 0) is 4.74 Å². The van der Waals surface area contributed by atoms with E-state index in [9.17, 15) is 0 Å². The van der Waals surface area contributed by atoms with Crippen LogP contribution in [0.25, 0.3) is 5.69 Å². The zero-order valence-electron chi connectivity index (χ0n) is 20.1. The lowest BCUT2D eigenvalue weighted by atomic mass is 10.0. The third kappa shape index (κ3) is 4.82. The smallest absolute Gasteiger partial charge is 0.174 e. The molecule has 1 fully saturated rings. The first kappa shape index (κ1) is 24.3. The topological polar surface area (TPSA) is 51.6 Å². The van der Waals surface area contributed by atoms with Gasteiger partial charge in [-0.3, -0.25) is 4.98 Å². The number of nitrogens with zero attached hydrogens (tertiary/aromatic N) is 3. The molecule has 0 saturated carbocycles. The van der Waals surface area contributed by atoms with Crippen molar-refractivity contribution in [3.05, 3.63) is 107 Å². The van der Waals surface area contributed by atoms with Gasteiger partial charge in [0.15, 0.2) is 5.11 Å². The number of hydrogen-bond donors (Lipinski definition) is 1. The van der Waals surface area contributed by atoms with Crippen molar-refractivity contribution in [3.63, 3.8) is 0 Å². The molecule has 8 heteroatoms. The minimum atomic E-state index is -0.167. The molecule has 0 aliphatic carbocycles. The number of methoxy groups -OCH3 is 1. The second kappa shape index (κ2) is 10.7. The van der Waals surface area contributed by atoms with E-state index in [-0.39, 0.29) is 12.1 Å². The number of pyridine rings is 1. The van der Waals surface area contributed by atoms with Crippen LogP contribution in [0.1, 0.15) is 29.0 Å². The molecule has 36 heavy (non-hydrogen) atoms. The number of ether oxygens (including phenoxy) is 2. The minimum Gasteiger partial charge on any atom is -0.490 e. The maximum absolute atomic E-state index is 6.63. The molecule has 6 nitrogen and oxygen atoms in total. The van der Waals surface area contributed by atoms with E-state index < -0.39 is 0 Å². The van der Waals surface area contributed by atoms with Gasteiger partial charge in [-0.1, -0.05) is 29.8 Å². The molecule has 2 atom stereocenters. The Bertz CT molecular complexity index is 1360. The van der Waals surface area contributed by atoms with Gasteiger partial charge in [-0.2, -0.15) is 0 Å². The largest absolute Gasteiger partial charge is 0.490 e. The normalized spacial score (nSPS) is 17.3. The summed E-state index contributed by atoms with van der Waals surface area (Å²) >= 11 is 12.5. The number of nitrogens with one attached hydrogen (secondary N) is 1. The van der Waals surface area contributed by atoms with Gasteiger partial charge in [-0.25, -0.2) is 0 Å². The van der Waals surface area contributed by atoms with E-state index in [1.54, 1.807) is 7.11 Å². The molecule has 0 radical (unpaired) electrons. The lowest BCUT2D eigenvalue weighted by Crippen LogP contribution is -2.30. The second-order valence-corrected chi connectivity index (χ2v) is 9.39. The van der Waals surface area contributed by atoms with Gasteiger partial charge in [0.1, 0.15) is 18.4 Å². The fourth-order valence-electron chi connectivity index (χ4n) is 4.57. The van der Waals surface area contributed by atoms with E-state index in [4.69, 9.17) is 33.3 Å². The lowest BCUT2D eigenvalue weighted by Gasteiger charge is -2.29. The predicted octanol–water partition coefficient (Wildman–Crippen LogP) is 6.04. The quantitative estimate of drug-likeness (QED) is 0.227. The number of rotatable bonds is 8. The first-order chi connectivity index (χ1) is 17.6. The Hall–Kier alpha value is -3.39. The minimum absolute atomic E-state index is 0.159. The van der Waals surface area contributed by atoms with Crippen LogP contribution >= 0.6 is 23.8 Å². The Labute approximate surface area is 221 Å². The summed E-state index contributed by atoms with van der Waals surface area (Å²) in [4.78, 5) is 6.77. The van der Waals surface area contributed by atoms with E-state index in [0.29, 0.717) is 29.1 Å². The van der Waals surface area contributed by atoms with Gasteiger partial charge in [-0.05, 0) is 79.3 Å². The summed E-state index contributed by atoms with van der Waals surface area (Å²) in [5.74, 6) is 0.608. The van der Waals surface area contributed by atoms with Crippen molar-refractivity contribution in [3.8, 4) is 11.4 Å². The standard InChI is InChI=1S/C28H27ClN4O2S/c1-19-7-5-8-20(17-19)32-14-6-10-24(32)27-26(23-9-3-4-13-30-23)31-28(36)33(27)21-11-12-25(22(29)18-21)35-16-15-34-2/h3-14,17-18,26-27H,15-16H2,1-2H3,(H,31,36). The maximum Gasteiger partial charge on any atom is 0.174 e. The van der Waals surface area contributed by atoms with Crippen molar-refractivity contribution in [2.45, 2.75) is 19.0 Å². The Morgan fingerprint density at radius 3 is 2.64 bits per heavy atom. The number of thiocarbonyl (C=S) groups is 1. The van der Waals surface area contributed by atoms with E-state index >= 15 is 0 Å². The van der Waals surface area contributed by atoms with Crippen LogP contribution in [0.4, 0.5) is 5.69 Å². The van der Waals surface area contributed by atoms with E-state index in [1.165, 1.54) is 5.56 Å². The molecule has 1 aliphatic heterocycles. The van der Waals surface area contributed by atoms with Gasteiger partial charge < -0.3 is 24.3 Å². The highest BCUT2D eigenvalue weighted by atomic mass is 35.5. The molecule has 0 amide bonds. The Kier molecular flexibility index (Phi) is 7.23. The Morgan fingerprint density at radius 2 is 1.89 bits per heavy atom. The first-order valence-corrected chi connectivity index (χ1v) is 12.5. The van der Waals surface area contributed by atoms with Crippen LogP contribution in [0.2, 0.25) is 5.02 Å². The van der Waals surface area contributed by atoms with Crippen LogP contribution in [0.3, 0.4) is 0 Å². The van der Waals surface area contributed by atoms with Crippen molar-refractivity contribution in [1.29, 1.82) is 0 Å². The molecule has 3 heterocycles. The van der Waals surface area contributed by atoms with Gasteiger partial charge in [-0.15, -0.1) is 0 Å². The number of benzene rings is 2. The molecule has 0 bridgehead atoms. The highest BCUT2D eigenvalue weighted by Gasteiger charge is 2.42. The van der Waals surface area contributed by atoms with Crippen molar-refractivity contribution < 1.29 is 9.47 Å². The van der Waals surface area contributed by atoms with Gasteiger partial charge in [0, 0.05) is 36.6 Å². The summed E-state index contributed by atoms with van der Waals surface area (Å²) in [6.45, 7) is 3.01. The van der Waals surface area contributed by atoms with E-state index in [1.807, 2.05) is 42.6 Å². The number of aromatic nitrogens is 2. The van der Waals surface area contributed by atoms with Gasteiger partial charge in [0.05, 0.1) is 23.4 Å². The molecule has 1 N–H and O–H groups in total. The molecule has 0 spiro atoms. The first-order valence-electron chi connectivity index (χ1n) is 11.7. The van der Waals surface area contributed by atoms with Crippen LogP contribution in [-0.4, -0.2) is 35.0 Å². The maximum atomic E-state index is 6.63. The van der Waals surface area contributed by atoms with E-state index in [2.05, 4.69) is 69.3 Å². The molecule has 2 aromatic heterocycles. The number of aryl methyl sites for hydroxylation is 1. The summed E-state index contributed by atoms with van der Waals surface area (Å²) in [7, 11) is 1.64. The zero-order chi connectivity index (χ0) is 25.1. The summed E-state index contributed by atoms with van der Waals surface area (Å²) in [6, 6.07) is 24.0. The highest BCUT2D eigenvalue weighted by Crippen LogP contribution is 2.43. The molecule has 1 saturated heterocycles. The van der Waals surface area contributed by atoms with Gasteiger partial charge in [0.25, 0.3) is 0 Å². The fourth-order valence-corrected chi connectivity index (χ4v) is 5.15. The molecule has 184 valence electrons. The molecular weight excluding hydrogens is 492 g/mol. The van der Waals surface area contributed by atoms with Crippen LogP contribution in [0.5, 0.6) is 5.75 Å². The Balaban J connectivity index is 1.59. The Morgan fingerprint density at radius 1 is 1.00 bits per heavy atom. The van der Waals surface area contributed by atoms with Crippen molar-refractivity contribution in [2.75, 3.05) is 25.2 Å². The summed E-state index contributed by atoms with van der Waals surface area (Å²) in [5, 5.41) is 4.64. The molecule has 2 aromatic carbocycles. The zero-order valence-corrected chi connectivity index (χ0v) is 21.7.